The third kappa shape index (κ3) is 4.91. The van der Waals surface area contributed by atoms with Crippen LogP contribution in [0.25, 0.3) is 0 Å². The van der Waals surface area contributed by atoms with Crippen molar-refractivity contribution < 1.29 is 13.2 Å². The molecule has 0 heterocycles. The molecule has 3 N–H and O–H groups in total. The Labute approximate surface area is 166 Å². The van der Waals surface area contributed by atoms with Gasteiger partial charge in [-0.1, -0.05) is 18.0 Å². The number of hydrogen-bond acceptors (Lipinski definition) is 4. The summed E-state index contributed by atoms with van der Waals surface area (Å²) in [5.41, 5.74) is 6.26. The Morgan fingerprint density at radius 2 is 1.73 bits per heavy atom. The number of rotatable bonds is 5. The number of benzene rings is 1. The molecule has 3 rings (SSSR count). The number of fused-ring (bicyclic) bond motifs is 2. The molecule has 0 aromatic heterocycles. The second kappa shape index (κ2) is 8.91. The topological polar surface area (TPSA) is 89.3 Å². The number of nitrogens with two attached hydrogens (primary N) is 1. The molecule has 2 aliphatic rings. The van der Waals surface area contributed by atoms with E-state index in [0.717, 1.165) is 25.7 Å². The van der Waals surface area contributed by atoms with Gasteiger partial charge < -0.3 is 11.1 Å². The summed E-state index contributed by atoms with van der Waals surface area (Å²) in [6.45, 7) is 0.127. The standard InChI is InChI=1S/C18H25ClN2O3S.ClH/c19-15-4-6-16(7-5-15)25(23,24)9-8-21-18(22)14-10-12-2-1-3-13(11-14)17(12)20;/h4-7,12-14,17H,1-3,8-11,20H2,(H,21,22);1H. The van der Waals surface area contributed by atoms with E-state index in [-0.39, 0.29) is 47.5 Å². The van der Waals surface area contributed by atoms with Crippen LogP contribution in [0.4, 0.5) is 0 Å². The highest BCUT2D eigenvalue weighted by Gasteiger charge is 2.40. The summed E-state index contributed by atoms with van der Waals surface area (Å²) in [6, 6.07) is 6.31. The van der Waals surface area contributed by atoms with E-state index in [9.17, 15) is 13.2 Å². The fourth-order valence-electron chi connectivity index (χ4n) is 4.22. The lowest BCUT2D eigenvalue weighted by molar-refractivity contribution is -0.127. The van der Waals surface area contributed by atoms with Crippen LogP contribution in [0.15, 0.2) is 29.2 Å². The summed E-state index contributed by atoms with van der Waals surface area (Å²) in [6.07, 6.45) is 5.07. The van der Waals surface area contributed by atoms with Crippen molar-refractivity contribution in [2.24, 2.45) is 23.5 Å². The van der Waals surface area contributed by atoms with Crippen LogP contribution in [0, 0.1) is 17.8 Å². The highest BCUT2D eigenvalue weighted by molar-refractivity contribution is 7.91. The molecule has 2 bridgehead atoms. The molecule has 0 aliphatic heterocycles. The zero-order valence-corrected chi connectivity index (χ0v) is 17.0. The third-order valence-corrected chi connectivity index (χ3v) is 7.61. The second-order valence-electron chi connectivity index (χ2n) is 7.26. The average molecular weight is 421 g/mol. The number of sulfone groups is 1. The number of hydrogen-bond donors (Lipinski definition) is 2. The maximum Gasteiger partial charge on any atom is 0.223 e. The molecule has 2 fully saturated rings. The summed E-state index contributed by atoms with van der Waals surface area (Å²) < 4.78 is 24.6. The maximum atomic E-state index is 12.4. The molecule has 0 radical (unpaired) electrons. The molecule has 2 unspecified atom stereocenters. The maximum absolute atomic E-state index is 12.4. The van der Waals surface area contributed by atoms with Gasteiger partial charge in [0.15, 0.2) is 9.84 Å². The Balaban J connectivity index is 0.00000243. The Hall–Kier alpha value is -0.820. The number of nitrogens with one attached hydrogen (secondary N) is 1. The SMILES string of the molecule is Cl.NC1C2CCCC1CC(C(=O)NCCS(=O)(=O)c1ccc(Cl)cc1)C2. The molecule has 0 spiro atoms. The van der Waals surface area contributed by atoms with Crippen molar-refractivity contribution in [3.63, 3.8) is 0 Å². The minimum Gasteiger partial charge on any atom is -0.355 e. The number of carbonyl (C=O) groups is 1. The van der Waals surface area contributed by atoms with Crippen molar-refractivity contribution in [2.45, 2.75) is 43.0 Å². The monoisotopic (exact) mass is 420 g/mol. The minimum absolute atomic E-state index is 0. The van der Waals surface area contributed by atoms with Gasteiger partial charge in [0.2, 0.25) is 5.91 Å². The predicted molar refractivity (Wildman–Crippen MR) is 105 cm³/mol. The van der Waals surface area contributed by atoms with E-state index < -0.39 is 9.84 Å². The first-order valence-electron chi connectivity index (χ1n) is 8.88. The fourth-order valence-corrected chi connectivity index (χ4v) is 5.50. The Kier molecular flexibility index (Phi) is 7.36. The summed E-state index contributed by atoms with van der Waals surface area (Å²) >= 11 is 5.78. The first-order chi connectivity index (χ1) is 11.9. The Morgan fingerprint density at radius 1 is 1.15 bits per heavy atom. The van der Waals surface area contributed by atoms with Gasteiger partial charge in [-0.2, -0.15) is 0 Å². The molecule has 2 aliphatic carbocycles. The van der Waals surface area contributed by atoms with Crippen molar-refractivity contribution >= 4 is 39.8 Å². The lowest BCUT2D eigenvalue weighted by Crippen LogP contribution is -2.49. The van der Waals surface area contributed by atoms with Gasteiger partial charge in [0.1, 0.15) is 0 Å². The van der Waals surface area contributed by atoms with Gasteiger partial charge in [0.25, 0.3) is 0 Å². The largest absolute Gasteiger partial charge is 0.355 e. The Bertz CT molecular complexity index is 710. The summed E-state index contributed by atoms with van der Waals surface area (Å²) in [4.78, 5) is 12.7. The van der Waals surface area contributed by atoms with Crippen LogP contribution in [-0.4, -0.2) is 32.7 Å². The van der Waals surface area contributed by atoms with Crippen molar-refractivity contribution in [1.82, 2.24) is 5.32 Å². The fraction of sp³-hybridized carbons (Fsp3) is 0.611. The normalized spacial score (nSPS) is 28.1. The van der Waals surface area contributed by atoms with E-state index in [4.69, 9.17) is 17.3 Å². The molecule has 2 saturated carbocycles. The zero-order chi connectivity index (χ0) is 18.0. The minimum atomic E-state index is -3.42. The van der Waals surface area contributed by atoms with Crippen molar-refractivity contribution in [3.05, 3.63) is 29.3 Å². The van der Waals surface area contributed by atoms with E-state index >= 15 is 0 Å². The first-order valence-corrected chi connectivity index (χ1v) is 10.9. The quantitative estimate of drug-likeness (QED) is 0.765. The number of halogens is 2. The molecule has 146 valence electrons. The summed E-state index contributed by atoms with van der Waals surface area (Å²) in [7, 11) is -3.42. The Morgan fingerprint density at radius 3 is 2.31 bits per heavy atom. The van der Waals surface area contributed by atoms with Crippen molar-refractivity contribution in [1.29, 1.82) is 0 Å². The van der Waals surface area contributed by atoms with E-state index in [1.54, 1.807) is 12.1 Å². The smallest absolute Gasteiger partial charge is 0.223 e. The molecular formula is C18H26Cl2N2O3S. The average Bonchev–Trinajstić information content (AvgIpc) is 2.54. The second-order valence-corrected chi connectivity index (χ2v) is 9.81. The highest BCUT2D eigenvalue weighted by atomic mass is 35.5. The molecule has 26 heavy (non-hydrogen) atoms. The van der Waals surface area contributed by atoms with Crippen LogP contribution in [0.5, 0.6) is 0 Å². The molecular weight excluding hydrogens is 395 g/mol. The lowest BCUT2D eigenvalue weighted by atomic mass is 9.65. The van der Waals surface area contributed by atoms with E-state index in [0.29, 0.717) is 16.9 Å². The van der Waals surface area contributed by atoms with E-state index in [2.05, 4.69) is 5.32 Å². The predicted octanol–water partition coefficient (Wildman–Crippen LogP) is 2.81. The zero-order valence-electron chi connectivity index (χ0n) is 14.6. The molecule has 0 saturated heterocycles. The van der Waals surface area contributed by atoms with Crippen LogP contribution in [0.1, 0.15) is 32.1 Å². The van der Waals surface area contributed by atoms with Gasteiger partial charge in [-0.3, -0.25) is 4.79 Å². The number of amides is 1. The van der Waals surface area contributed by atoms with Gasteiger partial charge >= 0.3 is 0 Å². The molecule has 1 amide bonds. The highest BCUT2D eigenvalue weighted by Crippen LogP contribution is 2.41. The molecule has 5 nitrogen and oxygen atoms in total. The lowest BCUT2D eigenvalue weighted by Gasteiger charge is -2.43. The van der Waals surface area contributed by atoms with Crippen LogP contribution >= 0.6 is 24.0 Å². The van der Waals surface area contributed by atoms with Gasteiger partial charge in [0, 0.05) is 23.5 Å². The van der Waals surface area contributed by atoms with Crippen LogP contribution < -0.4 is 11.1 Å². The van der Waals surface area contributed by atoms with Crippen molar-refractivity contribution in [3.8, 4) is 0 Å². The molecule has 1 aromatic carbocycles. The van der Waals surface area contributed by atoms with Gasteiger partial charge in [-0.15, -0.1) is 12.4 Å². The van der Waals surface area contributed by atoms with Gasteiger partial charge in [0.05, 0.1) is 10.6 Å². The molecule has 8 heteroatoms. The van der Waals surface area contributed by atoms with E-state index in [1.807, 2.05) is 0 Å². The summed E-state index contributed by atoms with van der Waals surface area (Å²) in [5.74, 6) is 0.685. The van der Waals surface area contributed by atoms with Crippen LogP contribution in [0.3, 0.4) is 0 Å². The van der Waals surface area contributed by atoms with Gasteiger partial charge in [-0.25, -0.2) is 8.42 Å². The molecule has 2 atom stereocenters. The summed E-state index contributed by atoms with van der Waals surface area (Å²) in [5, 5.41) is 3.30. The first kappa shape index (κ1) is 21.5. The van der Waals surface area contributed by atoms with E-state index in [1.165, 1.54) is 18.6 Å². The van der Waals surface area contributed by atoms with Crippen LogP contribution in [0.2, 0.25) is 5.02 Å². The van der Waals surface area contributed by atoms with Gasteiger partial charge in [-0.05, 0) is 61.8 Å². The van der Waals surface area contributed by atoms with Crippen LogP contribution in [-0.2, 0) is 14.6 Å². The van der Waals surface area contributed by atoms with Crippen molar-refractivity contribution in [2.75, 3.05) is 12.3 Å². The molecule has 1 aromatic rings. The third-order valence-electron chi connectivity index (χ3n) is 5.63. The number of carbonyl (C=O) groups excluding carboxylic acids is 1.